The lowest BCUT2D eigenvalue weighted by Crippen LogP contribution is -2.44. The van der Waals surface area contributed by atoms with Crippen molar-refractivity contribution in [2.24, 2.45) is 5.92 Å². The molecule has 1 fully saturated rings. The van der Waals surface area contributed by atoms with E-state index in [-0.39, 0.29) is 17.9 Å². The monoisotopic (exact) mass is 270 g/mol. The number of nitrogens with zero attached hydrogens (tertiary/aromatic N) is 1. The molecule has 0 aliphatic carbocycles. The Kier molecular flexibility index (Phi) is 6.84. The molecule has 0 aromatic rings. The highest BCUT2D eigenvalue weighted by molar-refractivity contribution is 5.89. The molecule has 5 heteroatoms. The van der Waals surface area contributed by atoms with Crippen LogP contribution in [0.5, 0.6) is 0 Å². The molecule has 0 saturated carbocycles. The first kappa shape index (κ1) is 16.0. The van der Waals surface area contributed by atoms with Crippen LogP contribution in [0.25, 0.3) is 0 Å². The smallest absolute Gasteiger partial charge is 0.245 e. The summed E-state index contributed by atoms with van der Waals surface area (Å²) in [6, 6.07) is -0.355. The lowest BCUT2D eigenvalue weighted by Gasteiger charge is -2.23. The average Bonchev–Trinajstić information content (AvgIpc) is 2.50. The van der Waals surface area contributed by atoms with E-state index in [1.54, 1.807) is 4.90 Å². The Bertz CT molecular complexity index is 305. The zero-order valence-electron chi connectivity index (χ0n) is 12.3. The van der Waals surface area contributed by atoms with Crippen molar-refractivity contribution in [3.8, 4) is 0 Å². The van der Waals surface area contributed by atoms with Gasteiger partial charge in [0.05, 0.1) is 0 Å². The van der Waals surface area contributed by atoms with E-state index in [4.69, 9.17) is 4.74 Å². The van der Waals surface area contributed by atoms with E-state index in [9.17, 15) is 9.59 Å². The molecule has 0 aromatic heterocycles. The highest BCUT2D eigenvalue weighted by Crippen LogP contribution is 2.07. The van der Waals surface area contributed by atoms with Crippen molar-refractivity contribution >= 4 is 11.8 Å². The Morgan fingerprint density at radius 3 is 2.79 bits per heavy atom. The van der Waals surface area contributed by atoms with Crippen molar-refractivity contribution in [2.45, 2.75) is 46.1 Å². The van der Waals surface area contributed by atoms with Crippen molar-refractivity contribution in [2.75, 3.05) is 26.3 Å². The molecule has 5 nitrogen and oxygen atoms in total. The minimum Gasteiger partial charge on any atom is -0.381 e. The lowest BCUT2D eigenvalue weighted by molar-refractivity contribution is -0.133. The molecule has 2 amide bonds. The van der Waals surface area contributed by atoms with Gasteiger partial charge >= 0.3 is 0 Å². The minimum atomic E-state index is -0.355. The third-order valence-corrected chi connectivity index (χ3v) is 3.13. The first-order valence-corrected chi connectivity index (χ1v) is 7.20. The van der Waals surface area contributed by atoms with E-state index in [1.165, 1.54) is 0 Å². The summed E-state index contributed by atoms with van der Waals surface area (Å²) in [6.07, 6.45) is 1.86. The van der Waals surface area contributed by atoms with Crippen LogP contribution in [0, 0.1) is 5.92 Å². The summed E-state index contributed by atoms with van der Waals surface area (Å²) >= 11 is 0. The molecule has 0 radical (unpaired) electrons. The second kappa shape index (κ2) is 8.15. The topological polar surface area (TPSA) is 58.6 Å². The molecule has 1 atom stereocenters. The van der Waals surface area contributed by atoms with Gasteiger partial charge in [-0.25, -0.2) is 0 Å². The lowest BCUT2D eigenvalue weighted by atomic mass is 10.2. The van der Waals surface area contributed by atoms with Gasteiger partial charge in [0, 0.05) is 32.7 Å². The fourth-order valence-electron chi connectivity index (χ4n) is 2.07. The molecule has 1 aliphatic rings. The van der Waals surface area contributed by atoms with Gasteiger partial charge in [0.2, 0.25) is 11.8 Å². The van der Waals surface area contributed by atoms with Gasteiger partial charge in [-0.05, 0) is 18.8 Å². The summed E-state index contributed by atoms with van der Waals surface area (Å²) in [5.41, 5.74) is 0. The second-order valence-corrected chi connectivity index (χ2v) is 5.43. The molecule has 1 aliphatic heterocycles. The Balaban J connectivity index is 2.34. The Hall–Kier alpha value is -1.10. The quantitative estimate of drug-likeness (QED) is 0.707. The molecule has 0 spiro atoms. The highest BCUT2D eigenvalue weighted by atomic mass is 16.5. The maximum atomic E-state index is 12.2. The van der Waals surface area contributed by atoms with Crippen molar-refractivity contribution < 1.29 is 14.3 Å². The van der Waals surface area contributed by atoms with Crippen LogP contribution in [0.3, 0.4) is 0 Å². The predicted octanol–water partition coefficient (Wildman–Crippen LogP) is 1.18. The number of hydrogen-bond donors (Lipinski definition) is 1. The third kappa shape index (κ3) is 5.59. The first-order chi connectivity index (χ1) is 9.04. The van der Waals surface area contributed by atoms with Crippen LogP contribution >= 0.6 is 0 Å². The van der Waals surface area contributed by atoms with Crippen molar-refractivity contribution in [3.05, 3.63) is 0 Å². The van der Waals surface area contributed by atoms with Crippen LogP contribution in [-0.2, 0) is 14.3 Å². The molecule has 19 heavy (non-hydrogen) atoms. The molecule has 1 heterocycles. The number of rotatable bonds is 7. The SMILES string of the molecule is CCC1NC(=O)CCN(CCCOCC(C)C)C1=O. The minimum absolute atomic E-state index is 0.0289. The summed E-state index contributed by atoms with van der Waals surface area (Å²) in [7, 11) is 0. The molecular weight excluding hydrogens is 244 g/mol. The van der Waals surface area contributed by atoms with Gasteiger partial charge in [-0.1, -0.05) is 20.8 Å². The van der Waals surface area contributed by atoms with Gasteiger partial charge < -0.3 is 15.0 Å². The van der Waals surface area contributed by atoms with E-state index in [0.717, 1.165) is 13.0 Å². The van der Waals surface area contributed by atoms with Gasteiger partial charge in [0.15, 0.2) is 0 Å². The third-order valence-electron chi connectivity index (χ3n) is 3.13. The summed E-state index contributed by atoms with van der Waals surface area (Å²) in [5.74, 6) is 0.544. The number of amides is 2. The maximum absolute atomic E-state index is 12.2. The number of ether oxygens (including phenoxy) is 1. The first-order valence-electron chi connectivity index (χ1n) is 7.20. The van der Waals surface area contributed by atoms with E-state index < -0.39 is 0 Å². The van der Waals surface area contributed by atoms with Gasteiger partial charge in [-0.2, -0.15) is 0 Å². The predicted molar refractivity (Wildman–Crippen MR) is 73.7 cm³/mol. The summed E-state index contributed by atoms with van der Waals surface area (Å²) in [6.45, 7) is 8.75. The summed E-state index contributed by atoms with van der Waals surface area (Å²) in [5, 5.41) is 2.76. The van der Waals surface area contributed by atoms with E-state index in [2.05, 4.69) is 19.2 Å². The Morgan fingerprint density at radius 2 is 2.16 bits per heavy atom. The zero-order valence-corrected chi connectivity index (χ0v) is 12.3. The van der Waals surface area contributed by atoms with Crippen LogP contribution in [0.15, 0.2) is 0 Å². The number of carbonyl (C=O) groups is 2. The molecule has 1 N–H and O–H groups in total. The summed E-state index contributed by atoms with van der Waals surface area (Å²) < 4.78 is 5.51. The maximum Gasteiger partial charge on any atom is 0.245 e. The largest absolute Gasteiger partial charge is 0.381 e. The molecular formula is C14H26N2O3. The van der Waals surface area contributed by atoms with Crippen LogP contribution in [0.2, 0.25) is 0 Å². The van der Waals surface area contributed by atoms with Crippen LogP contribution in [0.1, 0.15) is 40.0 Å². The number of nitrogens with one attached hydrogen (secondary N) is 1. The molecule has 1 unspecified atom stereocenters. The van der Waals surface area contributed by atoms with Crippen molar-refractivity contribution in [1.82, 2.24) is 10.2 Å². The molecule has 0 bridgehead atoms. The number of hydrogen-bond acceptors (Lipinski definition) is 3. The highest BCUT2D eigenvalue weighted by Gasteiger charge is 2.27. The van der Waals surface area contributed by atoms with Gasteiger partial charge in [0.1, 0.15) is 6.04 Å². The van der Waals surface area contributed by atoms with E-state index in [1.807, 2.05) is 6.92 Å². The Morgan fingerprint density at radius 1 is 1.42 bits per heavy atom. The molecule has 110 valence electrons. The van der Waals surface area contributed by atoms with Gasteiger partial charge in [0.25, 0.3) is 0 Å². The van der Waals surface area contributed by atoms with Gasteiger partial charge in [-0.15, -0.1) is 0 Å². The fraction of sp³-hybridized carbons (Fsp3) is 0.857. The van der Waals surface area contributed by atoms with Crippen LogP contribution in [0.4, 0.5) is 0 Å². The van der Waals surface area contributed by atoms with Gasteiger partial charge in [-0.3, -0.25) is 9.59 Å². The summed E-state index contributed by atoms with van der Waals surface area (Å²) in [4.78, 5) is 25.4. The normalized spacial score (nSPS) is 20.6. The molecule has 1 rings (SSSR count). The molecule has 1 saturated heterocycles. The zero-order chi connectivity index (χ0) is 14.3. The van der Waals surface area contributed by atoms with Crippen molar-refractivity contribution in [3.63, 3.8) is 0 Å². The standard InChI is InChI=1S/C14H26N2O3/c1-4-12-14(18)16(8-6-13(17)15-12)7-5-9-19-10-11(2)3/h11-12H,4-10H2,1-3H3,(H,15,17). The van der Waals surface area contributed by atoms with E-state index >= 15 is 0 Å². The van der Waals surface area contributed by atoms with Crippen LogP contribution < -0.4 is 5.32 Å². The van der Waals surface area contributed by atoms with Crippen LogP contribution in [-0.4, -0.2) is 49.1 Å². The van der Waals surface area contributed by atoms with E-state index in [0.29, 0.717) is 38.5 Å². The molecule has 0 aromatic carbocycles. The fourth-order valence-corrected chi connectivity index (χ4v) is 2.07. The average molecular weight is 270 g/mol. The van der Waals surface area contributed by atoms with Crippen molar-refractivity contribution in [1.29, 1.82) is 0 Å². The second-order valence-electron chi connectivity index (χ2n) is 5.43. The Labute approximate surface area is 115 Å². The number of carbonyl (C=O) groups excluding carboxylic acids is 2.